The van der Waals surface area contributed by atoms with Crippen LogP contribution in [0.15, 0.2) is 41.1 Å². The number of halogens is 2. The van der Waals surface area contributed by atoms with E-state index in [1.807, 2.05) is 5.32 Å². The molecule has 2 aromatic carbocycles. The number of hydrogen-bond acceptors (Lipinski definition) is 5. The Morgan fingerprint density at radius 1 is 1.26 bits per heavy atom. The van der Waals surface area contributed by atoms with Crippen LogP contribution in [0.25, 0.3) is 0 Å². The largest absolute Gasteiger partial charge is 0.456 e. The van der Waals surface area contributed by atoms with Gasteiger partial charge in [0, 0.05) is 23.1 Å². The lowest BCUT2D eigenvalue weighted by Gasteiger charge is -2.26. The molecule has 1 fully saturated rings. The third kappa shape index (κ3) is 4.34. The number of carbonyl (C=O) groups excluding carboxylic acids is 1. The second-order valence-corrected chi connectivity index (χ2v) is 7.58. The summed E-state index contributed by atoms with van der Waals surface area (Å²) in [5, 5.41) is 10.2. The summed E-state index contributed by atoms with van der Waals surface area (Å²) in [5.41, 5.74) is -0.819. The van der Waals surface area contributed by atoms with Crippen LogP contribution in [0.4, 0.5) is 0 Å². The Hall–Kier alpha value is -2.31. The van der Waals surface area contributed by atoms with Crippen molar-refractivity contribution in [1.82, 2.24) is 9.62 Å². The zero-order valence-electron chi connectivity index (χ0n) is 21.1. The first kappa shape index (κ1) is 11.5. The normalized spacial score (nSPS) is 21.1. The molecule has 0 bridgehead atoms. The number of benzene rings is 2. The summed E-state index contributed by atoms with van der Waals surface area (Å²) < 4.78 is 96.5. The van der Waals surface area contributed by atoms with Gasteiger partial charge in [0.2, 0.25) is 15.9 Å². The molecule has 0 unspecified atom stereocenters. The molecular formula is C17H13Cl2N3O4S. The first-order valence-electron chi connectivity index (χ1n) is 11.0. The van der Waals surface area contributed by atoms with Crippen LogP contribution in [0.5, 0.6) is 11.5 Å². The molecule has 0 aliphatic carbocycles. The molecule has 1 saturated heterocycles. The molecule has 1 N–H and O–H groups in total. The van der Waals surface area contributed by atoms with E-state index in [-0.39, 0.29) is 0 Å². The molecule has 0 radical (unpaired) electrons. The molecule has 140 valence electrons. The van der Waals surface area contributed by atoms with Gasteiger partial charge in [-0.3, -0.25) is 4.79 Å². The zero-order valence-corrected chi connectivity index (χ0v) is 15.4. The van der Waals surface area contributed by atoms with Crippen LogP contribution in [0.3, 0.4) is 0 Å². The van der Waals surface area contributed by atoms with Crippen LogP contribution in [0.2, 0.25) is 10.0 Å². The fraction of sp³-hybridized carbons (Fsp3) is 0.176. The SMILES string of the molecule is [2H]c1c(Cl)c([2H])c(Oc2c([2H])c([2H])c(C#N)c([2H])c2S(=O)(=O)N2CC(=O)NC([2H])([2H])C2)c([2H])c1Cl. The number of nitriles is 1. The van der Waals surface area contributed by atoms with E-state index in [1.54, 1.807) is 0 Å². The van der Waals surface area contributed by atoms with Crippen molar-refractivity contribution in [3.63, 3.8) is 0 Å². The smallest absolute Gasteiger partial charge is 0.247 e. The van der Waals surface area contributed by atoms with Crippen LogP contribution in [0, 0.1) is 11.3 Å². The summed E-state index contributed by atoms with van der Waals surface area (Å²) in [7, 11) is -5.03. The minimum atomic E-state index is -5.03. The summed E-state index contributed by atoms with van der Waals surface area (Å²) in [4.78, 5) is 10.8. The second-order valence-electron chi connectivity index (χ2n) is 4.95. The molecule has 0 saturated carbocycles. The van der Waals surface area contributed by atoms with Crippen molar-refractivity contribution in [1.29, 1.82) is 5.26 Å². The summed E-state index contributed by atoms with van der Waals surface area (Å²) in [5.74, 6) is -2.84. The zero-order chi connectivity index (χ0) is 26.6. The molecule has 10 heteroatoms. The number of sulfonamides is 1. The van der Waals surface area contributed by atoms with Gasteiger partial charge in [-0.1, -0.05) is 23.2 Å². The minimum absolute atomic E-state index is 0.367. The van der Waals surface area contributed by atoms with Crippen LogP contribution < -0.4 is 10.1 Å². The molecule has 0 aromatic heterocycles. The monoisotopic (exact) mass is 433 g/mol. The van der Waals surface area contributed by atoms with Gasteiger partial charge in [-0.25, -0.2) is 8.42 Å². The van der Waals surface area contributed by atoms with Crippen molar-refractivity contribution >= 4 is 39.1 Å². The molecule has 1 aliphatic rings. The van der Waals surface area contributed by atoms with Crippen molar-refractivity contribution in [3.05, 3.63) is 51.9 Å². The summed E-state index contributed by atoms with van der Waals surface area (Å²) in [6.07, 6.45) is 0. The van der Waals surface area contributed by atoms with Crippen molar-refractivity contribution in [2.75, 3.05) is 19.6 Å². The number of ether oxygens (including phenoxy) is 1. The molecule has 27 heavy (non-hydrogen) atoms. The quantitative estimate of drug-likeness (QED) is 0.798. The van der Waals surface area contributed by atoms with Gasteiger partial charge in [0.15, 0.2) is 0 Å². The van der Waals surface area contributed by atoms with Gasteiger partial charge < -0.3 is 10.1 Å². The highest BCUT2D eigenvalue weighted by Crippen LogP contribution is 2.34. The van der Waals surface area contributed by atoms with E-state index in [0.717, 1.165) is 0 Å². The number of nitrogens with zero attached hydrogens (tertiary/aromatic N) is 2. The lowest BCUT2D eigenvalue weighted by Crippen LogP contribution is -2.49. The highest BCUT2D eigenvalue weighted by atomic mass is 35.5. The first-order valence-corrected chi connectivity index (χ1v) is 9.22. The van der Waals surface area contributed by atoms with Gasteiger partial charge in [0.1, 0.15) is 16.4 Å². The van der Waals surface area contributed by atoms with Crippen LogP contribution in [-0.4, -0.2) is 38.2 Å². The molecule has 1 aliphatic heterocycles. The van der Waals surface area contributed by atoms with Crippen LogP contribution in [-0.2, 0) is 14.8 Å². The Morgan fingerprint density at radius 2 is 1.96 bits per heavy atom. The van der Waals surface area contributed by atoms with Gasteiger partial charge in [-0.05, 0) is 36.3 Å². The number of carbonyl (C=O) groups is 1. The molecule has 3 rings (SSSR count). The molecule has 1 heterocycles. The molecule has 1 amide bonds. The lowest BCUT2D eigenvalue weighted by atomic mass is 10.2. The fourth-order valence-electron chi connectivity index (χ4n) is 2.01. The van der Waals surface area contributed by atoms with Crippen molar-refractivity contribution in [2.24, 2.45) is 0 Å². The maximum Gasteiger partial charge on any atom is 0.247 e. The molecule has 0 spiro atoms. The Morgan fingerprint density at radius 3 is 2.59 bits per heavy atom. The maximum absolute atomic E-state index is 13.5. The highest BCUT2D eigenvalue weighted by Gasteiger charge is 2.32. The van der Waals surface area contributed by atoms with E-state index in [0.29, 0.717) is 4.31 Å². The van der Waals surface area contributed by atoms with Crippen molar-refractivity contribution in [2.45, 2.75) is 4.90 Å². The molecule has 2 aromatic rings. The Balaban J connectivity index is 2.35. The lowest BCUT2D eigenvalue weighted by molar-refractivity contribution is -0.122. The molecule has 0 atom stereocenters. The fourth-order valence-corrected chi connectivity index (χ4v) is 3.76. The number of rotatable bonds is 4. The Bertz CT molecular complexity index is 1400. The van der Waals surface area contributed by atoms with E-state index >= 15 is 0 Å². The average Bonchev–Trinajstić information content (AvgIpc) is 2.76. The minimum Gasteiger partial charge on any atom is -0.456 e. The summed E-state index contributed by atoms with van der Waals surface area (Å²) >= 11 is 11.8. The van der Waals surface area contributed by atoms with Crippen LogP contribution >= 0.6 is 23.2 Å². The van der Waals surface area contributed by atoms with Gasteiger partial charge >= 0.3 is 0 Å². The van der Waals surface area contributed by atoms with E-state index in [4.69, 9.17) is 38.9 Å². The number of amides is 1. The Labute approximate surface area is 177 Å². The van der Waals surface area contributed by atoms with Crippen molar-refractivity contribution in [3.8, 4) is 17.6 Å². The Kier molecular flexibility index (Phi) is 3.30. The summed E-state index contributed by atoms with van der Waals surface area (Å²) in [6.45, 7) is -4.25. The van der Waals surface area contributed by atoms with Crippen molar-refractivity contribution < 1.29 is 28.9 Å². The van der Waals surface area contributed by atoms with E-state index in [2.05, 4.69) is 0 Å². The van der Waals surface area contributed by atoms with Gasteiger partial charge in [-0.2, -0.15) is 9.57 Å². The van der Waals surface area contributed by atoms with Gasteiger partial charge in [0.25, 0.3) is 0 Å². The third-order valence-corrected chi connectivity index (χ3v) is 5.25. The standard InChI is InChI=1S/C17H13Cl2N3O4S/c18-12-6-13(19)8-14(7-12)26-15-2-1-11(9-20)5-16(15)27(24,25)22-4-3-21-17(23)10-22/h1-2,5-8H,3-4,10H2,(H,21,23)/i1D,2D,3D2,5D,6D,7D,8D. The van der Waals surface area contributed by atoms with E-state index in [9.17, 15) is 18.5 Å². The topological polar surface area (TPSA) is 99.5 Å². The van der Waals surface area contributed by atoms with Gasteiger partial charge in [0.05, 0.1) is 29.1 Å². The van der Waals surface area contributed by atoms with Gasteiger partial charge in [-0.15, -0.1) is 0 Å². The number of hydrogen-bond donors (Lipinski definition) is 1. The predicted octanol–water partition coefficient (Wildman–Crippen LogP) is 2.78. The van der Waals surface area contributed by atoms with Crippen LogP contribution in [0.1, 0.15) is 16.5 Å². The second kappa shape index (κ2) is 7.74. The predicted molar refractivity (Wildman–Crippen MR) is 99.5 cm³/mol. The molecular weight excluding hydrogens is 413 g/mol. The highest BCUT2D eigenvalue weighted by molar-refractivity contribution is 7.89. The maximum atomic E-state index is 13.5. The summed E-state index contributed by atoms with van der Waals surface area (Å²) in [6, 6.07) is -3.67. The molecule has 7 nitrogen and oxygen atoms in total. The van der Waals surface area contributed by atoms with E-state index in [1.165, 1.54) is 6.07 Å². The third-order valence-electron chi connectivity index (χ3n) is 3.13. The number of nitrogens with one attached hydrogen (secondary N) is 1. The average molecular weight is 434 g/mol. The number of piperazine rings is 1. The first-order chi connectivity index (χ1) is 16.0. The van der Waals surface area contributed by atoms with E-state index < -0.39 is 104 Å².